The van der Waals surface area contributed by atoms with Crippen LogP contribution in [-0.4, -0.2) is 0 Å². The fourth-order valence-electron chi connectivity index (χ4n) is 2.00. The van der Waals surface area contributed by atoms with Gasteiger partial charge in [-0.15, -0.1) is 0 Å². The number of halogens is 2. The molecule has 0 N–H and O–H groups in total. The van der Waals surface area contributed by atoms with Crippen molar-refractivity contribution in [3.05, 3.63) is 41.5 Å². The molecule has 0 amide bonds. The number of hydrogen-bond donors (Lipinski definition) is 0. The second-order valence-electron chi connectivity index (χ2n) is 3.90. The maximum atomic E-state index is 4.93. The number of allylic oxidation sites excluding steroid dienone is 2. The average Bonchev–Trinajstić information content (AvgIpc) is 2.73. The van der Waals surface area contributed by atoms with Gasteiger partial charge in [-0.2, -0.15) is 0 Å². The predicted molar refractivity (Wildman–Crippen MR) is 69.3 cm³/mol. The van der Waals surface area contributed by atoms with Crippen molar-refractivity contribution in [1.82, 2.24) is 0 Å². The summed E-state index contributed by atoms with van der Waals surface area (Å²) in [4.78, 5) is 0. The third-order valence-electron chi connectivity index (χ3n) is 3.01. The molecule has 1 aromatic rings. The van der Waals surface area contributed by atoms with Crippen LogP contribution < -0.4 is 0 Å². The Balaban J connectivity index is 0.000000386. The maximum absolute atomic E-state index is 4.93. The van der Waals surface area contributed by atoms with Gasteiger partial charge in [-0.1, -0.05) is 44.2 Å². The van der Waals surface area contributed by atoms with Crippen molar-refractivity contribution in [2.24, 2.45) is 5.92 Å². The first kappa shape index (κ1) is 14.5. The number of benzene rings is 1. The Kier molecular flexibility index (Phi) is 6.96. The number of fused-ring (bicyclic) bond motifs is 1. The van der Waals surface area contributed by atoms with E-state index in [9.17, 15) is 0 Å². The zero-order valence-electron chi connectivity index (χ0n) is 9.63. The van der Waals surface area contributed by atoms with Crippen LogP contribution in [0.15, 0.2) is 30.3 Å². The molecule has 1 unspecified atom stereocenters. The van der Waals surface area contributed by atoms with E-state index in [2.05, 4.69) is 44.2 Å². The van der Waals surface area contributed by atoms with Gasteiger partial charge in [0.1, 0.15) is 0 Å². The molecule has 1 atom stereocenters. The fourth-order valence-corrected chi connectivity index (χ4v) is 2.00. The Bertz CT molecular complexity index is 361. The van der Waals surface area contributed by atoms with E-state index in [1.807, 2.05) is 0 Å². The normalized spacial score (nSPS) is 14.4. The summed E-state index contributed by atoms with van der Waals surface area (Å²) >= 11 is -0.826. The summed E-state index contributed by atoms with van der Waals surface area (Å²) in [6.07, 6.45) is 4.76. The van der Waals surface area contributed by atoms with Gasteiger partial charge in [0.25, 0.3) is 0 Å². The Labute approximate surface area is 117 Å². The summed E-state index contributed by atoms with van der Waals surface area (Å²) in [6.45, 7) is 4.57. The summed E-state index contributed by atoms with van der Waals surface area (Å²) in [6, 6.07) is 8.76. The Morgan fingerprint density at radius 3 is 2.56 bits per heavy atom. The van der Waals surface area contributed by atoms with Crippen LogP contribution in [0.3, 0.4) is 0 Å². The van der Waals surface area contributed by atoms with E-state index in [1.54, 1.807) is 5.57 Å². The third-order valence-corrected chi connectivity index (χ3v) is 3.01. The van der Waals surface area contributed by atoms with Crippen LogP contribution in [0, 0.1) is 5.92 Å². The topological polar surface area (TPSA) is 0 Å². The molecule has 0 saturated heterocycles. The molecule has 3 heteroatoms. The van der Waals surface area contributed by atoms with Gasteiger partial charge >= 0.3 is 37.9 Å². The molecule has 0 spiro atoms. The summed E-state index contributed by atoms with van der Waals surface area (Å²) in [5.74, 6) is 0.712. The first-order valence-electron chi connectivity index (χ1n) is 5.49. The molecule has 0 bridgehead atoms. The van der Waals surface area contributed by atoms with Gasteiger partial charge < -0.3 is 0 Å². The van der Waals surface area contributed by atoms with E-state index in [0.717, 1.165) is 6.42 Å². The summed E-state index contributed by atoms with van der Waals surface area (Å²) in [7, 11) is 9.87. The number of rotatable bonds is 2. The van der Waals surface area contributed by atoms with E-state index < -0.39 is 20.8 Å². The van der Waals surface area contributed by atoms with E-state index in [4.69, 9.17) is 17.0 Å². The molecule has 1 aliphatic carbocycles. The minimum absolute atomic E-state index is 0.712. The van der Waals surface area contributed by atoms with Crippen LogP contribution in [0.2, 0.25) is 0 Å². The zero-order chi connectivity index (χ0) is 12.0. The van der Waals surface area contributed by atoms with E-state index in [1.165, 1.54) is 17.5 Å². The average molecular weight is 334 g/mol. The molecule has 0 fully saturated rings. The molecule has 0 aliphatic heterocycles. The van der Waals surface area contributed by atoms with Crippen molar-refractivity contribution < 1.29 is 20.8 Å². The van der Waals surface area contributed by atoms with Crippen LogP contribution in [0.25, 0.3) is 5.57 Å². The molecule has 0 heterocycles. The SMILES string of the molecule is CCC(C)C1=CCc2ccccc21.[Cl][Zr][Cl]. The predicted octanol–water partition coefficient (Wildman–Crippen LogP) is 5.05. The van der Waals surface area contributed by atoms with Gasteiger partial charge in [-0.25, -0.2) is 0 Å². The van der Waals surface area contributed by atoms with Gasteiger partial charge in [-0.05, 0) is 35.5 Å². The van der Waals surface area contributed by atoms with E-state index in [0.29, 0.717) is 5.92 Å². The standard InChI is InChI=1S/C13H16.2ClH.Zr/c1-3-10(2)12-9-8-11-6-4-5-7-13(11)12;;;/h4-7,9-10H,3,8H2,1-2H3;2*1H;/q;;;+2/p-2. The van der Waals surface area contributed by atoms with Crippen molar-refractivity contribution in [2.75, 3.05) is 0 Å². The molecule has 1 aromatic carbocycles. The molecule has 0 saturated carbocycles. The van der Waals surface area contributed by atoms with Crippen LogP contribution in [-0.2, 0) is 27.3 Å². The van der Waals surface area contributed by atoms with E-state index in [-0.39, 0.29) is 0 Å². The molecular weight excluding hydrogens is 318 g/mol. The minimum atomic E-state index is -0.826. The van der Waals surface area contributed by atoms with Crippen molar-refractivity contribution in [3.63, 3.8) is 0 Å². The quantitative estimate of drug-likeness (QED) is 0.710. The first-order valence-corrected chi connectivity index (χ1v) is 11.8. The second kappa shape index (κ2) is 7.69. The van der Waals surface area contributed by atoms with Gasteiger partial charge in [0.05, 0.1) is 0 Å². The Morgan fingerprint density at radius 1 is 1.31 bits per heavy atom. The van der Waals surface area contributed by atoms with Gasteiger partial charge in [0.2, 0.25) is 0 Å². The molecule has 0 radical (unpaired) electrons. The summed E-state index contributed by atoms with van der Waals surface area (Å²) < 4.78 is 0. The Morgan fingerprint density at radius 2 is 1.94 bits per heavy atom. The molecule has 2 rings (SSSR count). The van der Waals surface area contributed by atoms with Crippen molar-refractivity contribution in [2.45, 2.75) is 26.7 Å². The summed E-state index contributed by atoms with van der Waals surface area (Å²) in [5, 5.41) is 0. The second-order valence-corrected chi connectivity index (χ2v) is 7.63. The van der Waals surface area contributed by atoms with Crippen molar-refractivity contribution in [3.8, 4) is 0 Å². The third kappa shape index (κ3) is 3.72. The van der Waals surface area contributed by atoms with Crippen LogP contribution in [0.5, 0.6) is 0 Å². The molecule has 0 aromatic heterocycles. The monoisotopic (exact) mass is 332 g/mol. The van der Waals surface area contributed by atoms with Crippen LogP contribution in [0.1, 0.15) is 31.4 Å². The first-order chi connectivity index (χ1) is 7.74. The van der Waals surface area contributed by atoms with Gasteiger partial charge in [0.15, 0.2) is 0 Å². The molecular formula is C13H16Cl2Zr. The zero-order valence-corrected chi connectivity index (χ0v) is 13.6. The molecule has 1 aliphatic rings. The van der Waals surface area contributed by atoms with Crippen LogP contribution in [0.4, 0.5) is 0 Å². The van der Waals surface area contributed by atoms with Crippen molar-refractivity contribution >= 4 is 22.6 Å². The fraction of sp³-hybridized carbons (Fsp3) is 0.385. The Hall–Kier alpha value is 0.423. The number of hydrogen-bond acceptors (Lipinski definition) is 0. The van der Waals surface area contributed by atoms with Gasteiger partial charge in [0, 0.05) is 0 Å². The summed E-state index contributed by atoms with van der Waals surface area (Å²) in [5.41, 5.74) is 4.53. The molecule has 16 heavy (non-hydrogen) atoms. The van der Waals surface area contributed by atoms with Crippen molar-refractivity contribution in [1.29, 1.82) is 0 Å². The molecule has 86 valence electrons. The van der Waals surface area contributed by atoms with Gasteiger partial charge in [-0.3, -0.25) is 0 Å². The van der Waals surface area contributed by atoms with E-state index >= 15 is 0 Å². The van der Waals surface area contributed by atoms with Crippen LogP contribution >= 0.6 is 17.0 Å². The molecule has 0 nitrogen and oxygen atoms in total.